The number of esters is 3. The Hall–Kier alpha value is -2.89. The summed E-state index contributed by atoms with van der Waals surface area (Å²) < 4.78 is 16.8. The third-order valence-corrected chi connectivity index (χ3v) is 11.5. The SMILES string of the molecule is CC/C=C\C/C=C\C/C=C\CCCCCCCCCC(=O)OC(COC(=O)CCCCCCCCCCC)COC(=O)CCCCCCCCCCC/C=C\C/C=C\CCCCC. The Kier molecular flexibility index (Phi) is 49.4. The predicted octanol–water partition coefficient (Wildman–Crippen LogP) is 17.6. The van der Waals surface area contributed by atoms with Crippen molar-refractivity contribution in [3.05, 3.63) is 60.8 Å². The van der Waals surface area contributed by atoms with Crippen molar-refractivity contribution in [2.75, 3.05) is 13.2 Å². The van der Waals surface area contributed by atoms with E-state index >= 15 is 0 Å². The highest BCUT2D eigenvalue weighted by Gasteiger charge is 2.19. The van der Waals surface area contributed by atoms with Gasteiger partial charge in [-0.2, -0.15) is 0 Å². The maximum Gasteiger partial charge on any atom is 0.306 e. The first-order chi connectivity index (χ1) is 31.0. The van der Waals surface area contributed by atoms with E-state index in [1.54, 1.807) is 0 Å². The fourth-order valence-electron chi connectivity index (χ4n) is 7.49. The normalized spacial score (nSPS) is 12.5. The van der Waals surface area contributed by atoms with E-state index in [1.807, 2.05) is 0 Å². The molecule has 0 spiro atoms. The van der Waals surface area contributed by atoms with E-state index in [0.29, 0.717) is 19.3 Å². The van der Waals surface area contributed by atoms with Gasteiger partial charge in [-0.3, -0.25) is 14.4 Å². The second-order valence-electron chi connectivity index (χ2n) is 17.8. The smallest absolute Gasteiger partial charge is 0.306 e. The van der Waals surface area contributed by atoms with Crippen molar-refractivity contribution in [3.8, 4) is 0 Å². The molecule has 0 bridgehead atoms. The maximum atomic E-state index is 12.8. The molecule has 0 aromatic carbocycles. The standard InChI is InChI=1S/C57H100O6/c1-4-7-10-13-16-19-21-23-25-27-28-30-31-33-35-38-41-44-47-50-56(59)62-53-54(52-61-55(58)49-46-43-40-37-18-15-12-9-6-3)63-57(60)51-48-45-42-39-36-34-32-29-26-24-22-20-17-14-11-8-5-2/h8,11,16-17,19-20,23-26,54H,4-7,9-10,12-15,18,21-22,27-53H2,1-3H3/b11-8-,19-16-,20-17-,25-23-,26-24-. The topological polar surface area (TPSA) is 78.9 Å². The van der Waals surface area contributed by atoms with Gasteiger partial charge in [0, 0.05) is 19.3 Å². The van der Waals surface area contributed by atoms with Crippen LogP contribution in [-0.2, 0) is 28.6 Å². The van der Waals surface area contributed by atoms with E-state index in [1.165, 1.54) is 135 Å². The Bertz CT molecular complexity index is 1150. The molecule has 0 N–H and O–H groups in total. The molecule has 1 atom stereocenters. The molecule has 0 radical (unpaired) electrons. The lowest BCUT2D eigenvalue weighted by atomic mass is 10.1. The van der Waals surface area contributed by atoms with Gasteiger partial charge in [0.15, 0.2) is 6.10 Å². The second-order valence-corrected chi connectivity index (χ2v) is 17.8. The Morgan fingerprint density at radius 2 is 0.619 bits per heavy atom. The number of allylic oxidation sites excluding steroid dienone is 10. The molecule has 0 amide bonds. The van der Waals surface area contributed by atoms with E-state index in [9.17, 15) is 14.4 Å². The van der Waals surface area contributed by atoms with Gasteiger partial charge >= 0.3 is 17.9 Å². The van der Waals surface area contributed by atoms with Gasteiger partial charge in [-0.1, -0.05) is 223 Å². The largest absolute Gasteiger partial charge is 0.462 e. The third kappa shape index (κ3) is 50.0. The number of ether oxygens (including phenoxy) is 3. The van der Waals surface area contributed by atoms with Crippen molar-refractivity contribution < 1.29 is 28.6 Å². The number of rotatable bonds is 48. The van der Waals surface area contributed by atoms with Gasteiger partial charge in [-0.05, 0) is 83.5 Å². The van der Waals surface area contributed by atoms with Crippen LogP contribution in [0.4, 0.5) is 0 Å². The molecule has 1 unspecified atom stereocenters. The number of hydrogen-bond donors (Lipinski definition) is 0. The predicted molar refractivity (Wildman–Crippen MR) is 270 cm³/mol. The summed E-state index contributed by atoms with van der Waals surface area (Å²) in [5.41, 5.74) is 0. The molecule has 0 aliphatic heterocycles. The van der Waals surface area contributed by atoms with Crippen molar-refractivity contribution in [1.82, 2.24) is 0 Å². The minimum absolute atomic E-state index is 0.0780. The molecule has 0 aromatic rings. The van der Waals surface area contributed by atoms with Crippen molar-refractivity contribution in [2.45, 2.75) is 271 Å². The lowest BCUT2D eigenvalue weighted by Gasteiger charge is -2.18. The molecule has 0 heterocycles. The van der Waals surface area contributed by atoms with Crippen LogP contribution in [0, 0.1) is 0 Å². The van der Waals surface area contributed by atoms with E-state index in [-0.39, 0.29) is 31.1 Å². The monoisotopic (exact) mass is 881 g/mol. The van der Waals surface area contributed by atoms with E-state index in [4.69, 9.17) is 14.2 Å². The first kappa shape index (κ1) is 60.1. The van der Waals surface area contributed by atoms with Crippen LogP contribution in [-0.4, -0.2) is 37.2 Å². The molecule has 0 rings (SSSR count). The fourth-order valence-corrected chi connectivity index (χ4v) is 7.49. The highest BCUT2D eigenvalue weighted by atomic mass is 16.6. The number of hydrogen-bond acceptors (Lipinski definition) is 6. The zero-order chi connectivity index (χ0) is 45.8. The van der Waals surface area contributed by atoms with Crippen LogP contribution in [0.25, 0.3) is 0 Å². The molecule has 0 saturated carbocycles. The summed E-state index contributed by atoms with van der Waals surface area (Å²) >= 11 is 0. The fraction of sp³-hybridized carbons (Fsp3) is 0.772. The van der Waals surface area contributed by atoms with Gasteiger partial charge in [0.2, 0.25) is 0 Å². The highest BCUT2D eigenvalue weighted by molar-refractivity contribution is 5.71. The summed E-state index contributed by atoms with van der Waals surface area (Å²) in [4.78, 5) is 38.0. The molecule has 0 aromatic heterocycles. The van der Waals surface area contributed by atoms with Crippen molar-refractivity contribution in [3.63, 3.8) is 0 Å². The summed E-state index contributed by atoms with van der Waals surface area (Å²) in [6.07, 6.45) is 63.5. The molecule has 0 fully saturated rings. The van der Waals surface area contributed by atoms with Crippen LogP contribution in [0.5, 0.6) is 0 Å². The molecular formula is C57H100O6. The van der Waals surface area contributed by atoms with Crippen molar-refractivity contribution in [1.29, 1.82) is 0 Å². The van der Waals surface area contributed by atoms with Gasteiger partial charge in [0.25, 0.3) is 0 Å². The molecule has 6 heteroatoms. The summed E-state index contributed by atoms with van der Waals surface area (Å²) in [5.74, 6) is -0.889. The summed E-state index contributed by atoms with van der Waals surface area (Å²) in [6.45, 7) is 6.49. The Morgan fingerprint density at radius 3 is 1.00 bits per heavy atom. The average Bonchev–Trinajstić information content (AvgIpc) is 3.28. The molecule has 0 saturated heterocycles. The summed E-state index contributed by atoms with van der Waals surface area (Å²) in [5, 5.41) is 0. The Morgan fingerprint density at radius 1 is 0.333 bits per heavy atom. The van der Waals surface area contributed by atoms with E-state index in [2.05, 4.69) is 81.5 Å². The molecule has 0 aliphatic carbocycles. The summed E-state index contributed by atoms with van der Waals surface area (Å²) in [6, 6.07) is 0. The third-order valence-electron chi connectivity index (χ3n) is 11.5. The zero-order valence-corrected chi connectivity index (χ0v) is 41.6. The Labute approximate surface area is 390 Å². The van der Waals surface area contributed by atoms with Crippen LogP contribution in [0.2, 0.25) is 0 Å². The quantitative estimate of drug-likeness (QED) is 0.0262. The minimum atomic E-state index is -0.778. The van der Waals surface area contributed by atoms with Gasteiger partial charge in [-0.15, -0.1) is 0 Å². The van der Waals surface area contributed by atoms with Crippen LogP contribution in [0.3, 0.4) is 0 Å². The van der Waals surface area contributed by atoms with Gasteiger partial charge in [0.1, 0.15) is 13.2 Å². The van der Waals surface area contributed by atoms with Crippen LogP contribution in [0.15, 0.2) is 60.8 Å². The van der Waals surface area contributed by atoms with Gasteiger partial charge < -0.3 is 14.2 Å². The molecule has 6 nitrogen and oxygen atoms in total. The molecule has 63 heavy (non-hydrogen) atoms. The second kappa shape index (κ2) is 51.7. The maximum absolute atomic E-state index is 12.8. The van der Waals surface area contributed by atoms with Crippen LogP contribution in [0.1, 0.15) is 265 Å². The minimum Gasteiger partial charge on any atom is -0.462 e. The lowest BCUT2D eigenvalue weighted by molar-refractivity contribution is -0.167. The van der Waals surface area contributed by atoms with E-state index < -0.39 is 6.10 Å². The molecule has 0 aliphatic rings. The van der Waals surface area contributed by atoms with Crippen LogP contribution < -0.4 is 0 Å². The number of carbonyl (C=O) groups is 3. The van der Waals surface area contributed by atoms with Crippen LogP contribution >= 0.6 is 0 Å². The van der Waals surface area contributed by atoms with E-state index in [0.717, 1.165) is 89.9 Å². The lowest BCUT2D eigenvalue weighted by Crippen LogP contribution is -2.30. The van der Waals surface area contributed by atoms with Gasteiger partial charge in [-0.25, -0.2) is 0 Å². The molecule has 364 valence electrons. The number of unbranched alkanes of at least 4 members (excludes halogenated alkanes) is 27. The highest BCUT2D eigenvalue weighted by Crippen LogP contribution is 2.15. The first-order valence-electron chi connectivity index (χ1n) is 26.8. The zero-order valence-electron chi connectivity index (χ0n) is 41.6. The Balaban J connectivity index is 4.31. The van der Waals surface area contributed by atoms with Crippen molar-refractivity contribution in [2.24, 2.45) is 0 Å². The molecular weight excluding hydrogens is 781 g/mol. The number of carbonyl (C=O) groups excluding carboxylic acids is 3. The first-order valence-corrected chi connectivity index (χ1v) is 26.8. The van der Waals surface area contributed by atoms with Crippen molar-refractivity contribution >= 4 is 17.9 Å². The van der Waals surface area contributed by atoms with Gasteiger partial charge in [0.05, 0.1) is 0 Å². The average molecular weight is 881 g/mol. The summed E-state index contributed by atoms with van der Waals surface area (Å²) in [7, 11) is 0.